The molecule has 0 bridgehead atoms. The first kappa shape index (κ1) is 18.8. The van der Waals surface area contributed by atoms with Gasteiger partial charge in [0.2, 0.25) is 0 Å². The van der Waals surface area contributed by atoms with E-state index in [9.17, 15) is 14.4 Å². The highest BCUT2D eigenvalue weighted by molar-refractivity contribution is 6.06. The number of fused-ring (bicyclic) bond motifs is 3. The topological polar surface area (TPSA) is 69.3 Å². The molecule has 30 heavy (non-hydrogen) atoms. The van der Waals surface area contributed by atoms with E-state index in [4.69, 9.17) is 4.74 Å². The minimum Gasteiger partial charge on any atom is -0.425 e. The molecule has 0 unspecified atom stereocenters. The summed E-state index contributed by atoms with van der Waals surface area (Å²) >= 11 is 0. The van der Waals surface area contributed by atoms with Crippen molar-refractivity contribution in [2.24, 2.45) is 5.92 Å². The van der Waals surface area contributed by atoms with Crippen molar-refractivity contribution >= 4 is 21.8 Å². The van der Waals surface area contributed by atoms with Crippen LogP contribution in [0.3, 0.4) is 0 Å². The molecule has 154 valence electrons. The van der Waals surface area contributed by atoms with Crippen molar-refractivity contribution < 1.29 is 14.3 Å². The lowest BCUT2D eigenvalue weighted by Gasteiger charge is -2.24. The van der Waals surface area contributed by atoms with Crippen LogP contribution >= 0.6 is 0 Å². The maximum Gasteiger partial charge on any atom is 0.309 e. The van der Waals surface area contributed by atoms with Crippen molar-refractivity contribution in [3.63, 3.8) is 0 Å². The summed E-state index contributed by atoms with van der Waals surface area (Å²) in [6.07, 6.45) is 8.71. The van der Waals surface area contributed by atoms with Gasteiger partial charge >= 0.3 is 5.56 Å². The van der Waals surface area contributed by atoms with Gasteiger partial charge in [-0.05, 0) is 42.5 Å². The summed E-state index contributed by atoms with van der Waals surface area (Å²) in [6.45, 7) is 1.71. The van der Waals surface area contributed by atoms with Crippen LogP contribution < -0.4 is 5.56 Å². The number of ether oxygens (including phenoxy) is 1. The van der Waals surface area contributed by atoms with Crippen LogP contribution in [-0.4, -0.2) is 26.1 Å². The van der Waals surface area contributed by atoms with Crippen molar-refractivity contribution in [3.05, 3.63) is 76.2 Å². The third-order valence-electron chi connectivity index (χ3n) is 5.93. The number of halogens is 1. The zero-order valence-electron chi connectivity index (χ0n) is 16.4. The first-order chi connectivity index (χ1) is 14.6. The second-order valence-corrected chi connectivity index (χ2v) is 7.97. The molecule has 0 aliphatic heterocycles. The van der Waals surface area contributed by atoms with E-state index in [1.165, 1.54) is 37.6 Å². The Kier molecular flexibility index (Phi) is 4.75. The van der Waals surface area contributed by atoms with Gasteiger partial charge in [0, 0.05) is 41.9 Å². The zero-order valence-corrected chi connectivity index (χ0v) is 16.4. The Morgan fingerprint density at radius 3 is 2.73 bits per heavy atom. The Morgan fingerprint density at radius 2 is 2.00 bits per heavy atom. The molecule has 1 N–H and O–H groups in total. The van der Waals surface area contributed by atoms with Gasteiger partial charge < -0.3 is 14.5 Å². The average Bonchev–Trinajstić information content (AvgIpc) is 3.06. The predicted molar refractivity (Wildman–Crippen MR) is 111 cm³/mol. The van der Waals surface area contributed by atoms with Crippen LogP contribution in [0.5, 0.6) is 0 Å². The van der Waals surface area contributed by atoms with Crippen LogP contribution in [-0.2, 0) is 17.9 Å². The first-order valence-electron chi connectivity index (χ1n) is 10.1. The Balaban J connectivity index is 1.59. The SMILES string of the molecule is O=c1c2ncc3c(c(COCC4CCC4)cn3Cc3ccc(F)cc3)c2ccn1O. The van der Waals surface area contributed by atoms with E-state index in [0.29, 0.717) is 29.2 Å². The van der Waals surface area contributed by atoms with Gasteiger partial charge in [-0.1, -0.05) is 18.6 Å². The van der Waals surface area contributed by atoms with Crippen molar-refractivity contribution in [1.29, 1.82) is 0 Å². The summed E-state index contributed by atoms with van der Waals surface area (Å²) in [5.41, 5.74) is 2.45. The molecule has 0 amide bonds. The standard InChI is InChI=1S/C23H22FN3O3/c24-18-6-4-15(5-7-18)11-26-12-17(14-30-13-16-2-1-3-16)21-19-8-9-27(29)23(28)22(19)25-10-20(21)26/h4-10,12,16,29H,1-3,11,13-14H2. The molecule has 0 radical (unpaired) electrons. The van der Waals surface area contributed by atoms with Crippen molar-refractivity contribution in [1.82, 2.24) is 14.3 Å². The molecular weight excluding hydrogens is 385 g/mol. The van der Waals surface area contributed by atoms with Gasteiger partial charge in [-0.3, -0.25) is 4.79 Å². The van der Waals surface area contributed by atoms with E-state index in [0.717, 1.165) is 28.6 Å². The molecule has 7 heteroatoms. The van der Waals surface area contributed by atoms with Crippen LogP contribution in [0.1, 0.15) is 30.4 Å². The summed E-state index contributed by atoms with van der Waals surface area (Å²) in [5.74, 6) is 0.367. The molecule has 5 rings (SSSR count). The van der Waals surface area contributed by atoms with Crippen molar-refractivity contribution in [3.8, 4) is 0 Å². The van der Waals surface area contributed by atoms with E-state index in [2.05, 4.69) is 4.98 Å². The van der Waals surface area contributed by atoms with Gasteiger partial charge in [-0.25, -0.2) is 9.37 Å². The minimum atomic E-state index is -0.554. The maximum atomic E-state index is 13.3. The first-order valence-corrected chi connectivity index (χ1v) is 10.1. The Bertz CT molecular complexity index is 1270. The predicted octanol–water partition coefficient (Wildman–Crippen LogP) is 4.09. The quantitative estimate of drug-likeness (QED) is 0.489. The van der Waals surface area contributed by atoms with Crippen LogP contribution in [0.4, 0.5) is 4.39 Å². The molecule has 4 aromatic rings. The third kappa shape index (κ3) is 3.35. The number of rotatable bonds is 6. The Labute approximate surface area is 172 Å². The van der Waals surface area contributed by atoms with E-state index in [1.54, 1.807) is 24.4 Å². The Hall–Kier alpha value is -3.19. The number of benzene rings is 1. The second kappa shape index (κ2) is 7.57. The molecule has 1 aromatic carbocycles. The maximum absolute atomic E-state index is 13.3. The highest BCUT2D eigenvalue weighted by Crippen LogP contribution is 2.30. The fourth-order valence-corrected chi connectivity index (χ4v) is 4.07. The summed E-state index contributed by atoms with van der Waals surface area (Å²) in [5, 5.41) is 11.3. The molecule has 3 heterocycles. The van der Waals surface area contributed by atoms with E-state index in [1.807, 2.05) is 10.8 Å². The molecule has 0 atom stereocenters. The van der Waals surface area contributed by atoms with Crippen LogP contribution in [0.25, 0.3) is 21.8 Å². The lowest BCUT2D eigenvalue weighted by atomic mass is 9.86. The molecule has 1 aliphatic rings. The molecule has 6 nitrogen and oxygen atoms in total. The van der Waals surface area contributed by atoms with Gasteiger partial charge in [0.15, 0.2) is 0 Å². The lowest BCUT2D eigenvalue weighted by Crippen LogP contribution is -2.18. The highest BCUT2D eigenvalue weighted by Gasteiger charge is 2.19. The van der Waals surface area contributed by atoms with Gasteiger partial charge in [0.05, 0.1) is 18.3 Å². The third-order valence-corrected chi connectivity index (χ3v) is 5.93. The summed E-state index contributed by atoms with van der Waals surface area (Å²) in [4.78, 5) is 16.7. The smallest absolute Gasteiger partial charge is 0.309 e. The summed E-state index contributed by atoms with van der Waals surface area (Å²) < 4.78 is 21.9. The minimum absolute atomic E-state index is 0.215. The molecule has 0 spiro atoms. The largest absolute Gasteiger partial charge is 0.425 e. The Morgan fingerprint density at radius 1 is 1.20 bits per heavy atom. The molecular formula is C23H22FN3O3. The highest BCUT2D eigenvalue weighted by atomic mass is 19.1. The molecule has 1 aliphatic carbocycles. The zero-order chi connectivity index (χ0) is 20.7. The number of hydrogen-bond donors (Lipinski definition) is 1. The van der Waals surface area contributed by atoms with E-state index >= 15 is 0 Å². The molecule has 1 saturated carbocycles. The van der Waals surface area contributed by atoms with Gasteiger partial charge in [-0.15, -0.1) is 0 Å². The summed E-state index contributed by atoms with van der Waals surface area (Å²) in [6, 6.07) is 8.10. The lowest BCUT2D eigenvalue weighted by molar-refractivity contribution is 0.0601. The monoisotopic (exact) mass is 407 g/mol. The molecule has 3 aromatic heterocycles. The number of hydrogen-bond acceptors (Lipinski definition) is 4. The normalized spacial score (nSPS) is 14.4. The van der Waals surface area contributed by atoms with Crippen LogP contribution in [0.15, 0.2) is 53.7 Å². The van der Waals surface area contributed by atoms with E-state index < -0.39 is 5.56 Å². The number of aromatic nitrogens is 3. The molecule has 0 saturated heterocycles. The number of nitrogens with zero attached hydrogens (tertiary/aromatic N) is 3. The van der Waals surface area contributed by atoms with Gasteiger partial charge in [0.25, 0.3) is 0 Å². The van der Waals surface area contributed by atoms with Gasteiger partial charge in [-0.2, -0.15) is 4.73 Å². The fourth-order valence-electron chi connectivity index (χ4n) is 4.07. The van der Waals surface area contributed by atoms with Crippen LogP contribution in [0.2, 0.25) is 0 Å². The van der Waals surface area contributed by atoms with Gasteiger partial charge in [0.1, 0.15) is 11.3 Å². The summed E-state index contributed by atoms with van der Waals surface area (Å²) in [7, 11) is 0. The second-order valence-electron chi connectivity index (χ2n) is 7.97. The average molecular weight is 407 g/mol. The van der Waals surface area contributed by atoms with E-state index in [-0.39, 0.29) is 11.3 Å². The molecule has 1 fully saturated rings. The van der Waals surface area contributed by atoms with Crippen molar-refractivity contribution in [2.75, 3.05) is 6.61 Å². The number of pyridine rings is 2. The fraction of sp³-hybridized carbons (Fsp3) is 0.304. The van der Waals surface area contributed by atoms with Crippen LogP contribution in [0, 0.1) is 11.7 Å². The van der Waals surface area contributed by atoms with Crippen molar-refractivity contribution in [2.45, 2.75) is 32.4 Å².